The van der Waals surface area contributed by atoms with Gasteiger partial charge in [0, 0.05) is 101 Å². The van der Waals surface area contributed by atoms with Gasteiger partial charge in [-0.1, -0.05) is 36.4 Å². The highest BCUT2D eigenvalue weighted by molar-refractivity contribution is 5.67. The van der Waals surface area contributed by atoms with Gasteiger partial charge in [0.1, 0.15) is 38.1 Å². The Balaban J connectivity index is 0.000000154. The van der Waals surface area contributed by atoms with Crippen LogP contribution in [0.25, 0.3) is 22.3 Å². The van der Waals surface area contributed by atoms with Gasteiger partial charge in [0.25, 0.3) is 0 Å². The summed E-state index contributed by atoms with van der Waals surface area (Å²) >= 11 is 0. The first kappa shape index (κ1) is 39.2. The Bertz CT molecular complexity index is 2200. The lowest BCUT2D eigenvalue weighted by molar-refractivity contribution is 0.171. The third kappa shape index (κ3) is 9.30. The Kier molecular flexibility index (Phi) is 12.0. The molecule has 4 aromatic carbocycles. The summed E-state index contributed by atoms with van der Waals surface area (Å²) in [7, 11) is 0. The Morgan fingerprint density at radius 3 is 1.25 bits per heavy atom. The molecule has 0 radical (unpaired) electrons. The molecule has 2 aromatic heterocycles. The summed E-state index contributed by atoms with van der Waals surface area (Å²) in [5.74, 6) is 2.96. The van der Waals surface area contributed by atoms with Gasteiger partial charge in [0.2, 0.25) is 0 Å². The van der Waals surface area contributed by atoms with Crippen molar-refractivity contribution in [2.45, 2.75) is 13.1 Å². The van der Waals surface area contributed by atoms with Gasteiger partial charge in [-0.05, 0) is 82.9 Å². The van der Waals surface area contributed by atoms with E-state index in [-0.39, 0.29) is 11.6 Å². The van der Waals surface area contributed by atoms with Crippen molar-refractivity contribution in [1.29, 1.82) is 0 Å². The smallest absolute Gasteiger partial charge is 0.184 e. The molecular weight excluding hydrogens is 763 g/mol. The van der Waals surface area contributed by atoms with Crippen LogP contribution in [0.1, 0.15) is 11.1 Å². The van der Waals surface area contributed by atoms with Crippen LogP contribution in [-0.4, -0.2) is 98.6 Å². The molecule has 0 atom stereocenters. The normalized spacial score (nSPS) is 16.5. The molecule has 0 aliphatic carbocycles. The van der Waals surface area contributed by atoms with Crippen LogP contribution in [0.4, 0.5) is 20.2 Å². The average molecular weight is 811 g/mol. The summed E-state index contributed by atoms with van der Waals surface area (Å²) in [5, 5.41) is 0. The molecular formula is C48H48F2N6O4. The van der Waals surface area contributed by atoms with E-state index in [1.807, 2.05) is 49.1 Å². The molecule has 0 saturated carbocycles. The summed E-state index contributed by atoms with van der Waals surface area (Å²) in [5.41, 5.74) is 8.55. The molecule has 2 saturated heterocycles. The quantitative estimate of drug-likeness (QED) is 0.151. The van der Waals surface area contributed by atoms with E-state index in [1.54, 1.807) is 24.3 Å². The molecule has 6 heterocycles. The SMILES string of the molecule is Fc1ccc(-c2cncc(CN3CCN(c4cccc5c4OCCO5)CC3)c2)cc1.Fc1ccc(-c2cncc(CN3CCN(c4cccc5c4OCCO5)CC3)c2)cc1. The summed E-state index contributed by atoms with van der Waals surface area (Å²) in [4.78, 5) is 18.4. The van der Waals surface area contributed by atoms with Gasteiger partial charge in [-0.15, -0.1) is 0 Å². The first-order chi connectivity index (χ1) is 29.5. The number of aromatic nitrogens is 2. The summed E-state index contributed by atoms with van der Waals surface area (Å²) in [6, 6.07) is 29.6. The van der Waals surface area contributed by atoms with E-state index in [0.29, 0.717) is 26.4 Å². The predicted molar refractivity (Wildman–Crippen MR) is 229 cm³/mol. The van der Waals surface area contributed by atoms with E-state index < -0.39 is 0 Å². The molecule has 12 heteroatoms. The second kappa shape index (κ2) is 18.4. The van der Waals surface area contributed by atoms with Crippen molar-refractivity contribution >= 4 is 11.4 Å². The zero-order chi connectivity index (χ0) is 40.7. The van der Waals surface area contributed by atoms with Gasteiger partial charge in [-0.25, -0.2) is 8.78 Å². The van der Waals surface area contributed by atoms with Gasteiger partial charge in [0.15, 0.2) is 23.0 Å². The van der Waals surface area contributed by atoms with Crippen molar-refractivity contribution in [3.63, 3.8) is 0 Å². The van der Waals surface area contributed by atoms with E-state index in [9.17, 15) is 8.78 Å². The fraction of sp³-hybridized carbons (Fsp3) is 0.292. The number of pyridine rings is 2. The number of hydrogen-bond acceptors (Lipinski definition) is 10. The summed E-state index contributed by atoms with van der Waals surface area (Å²) in [6.07, 6.45) is 7.49. The summed E-state index contributed by atoms with van der Waals surface area (Å²) in [6.45, 7) is 11.7. The molecule has 4 aliphatic rings. The van der Waals surface area contributed by atoms with E-state index in [1.165, 1.54) is 35.4 Å². The molecule has 4 aliphatic heterocycles. The van der Waals surface area contributed by atoms with Gasteiger partial charge >= 0.3 is 0 Å². The van der Waals surface area contributed by atoms with Crippen molar-refractivity contribution < 1.29 is 27.7 Å². The highest BCUT2D eigenvalue weighted by atomic mass is 19.1. The number of fused-ring (bicyclic) bond motifs is 2. The minimum Gasteiger partial charge on any atom is -0.486 e. The second-order valence-electron chi connectivity index (χ2n) is 15.3. The zero-order valence-electron chi connectivity index (χ0n) is 33.5. The average Bonchev–Trinajstić information content (AvgIpc) is 3.30. The van der Waals surface area contributed by atoms with Crippen LogP contribution in [0.3, 0.4) is 0 Å². The molecule has 60 heavy (non-hydrogen) atoms. The second-order valence-corrected chi connectivity index (χ2v) is 15.3. The highest BCUT2D eigenvalue weighted by Gasteiger charge is 2.25. The molecule has 0 bridgehead atoms. The van der Waals surface area contributed by atoms with Gasteiger partial charge in [-0.3, -0.25) is 19.8 Å². The first-order valence-corrected chi connectivity index (χ1v) is 20.6. The monoisotopic (exact) mass is 810 g/mol. The minimum absolute atomic E-state index is 0.225. The molecule has 308 valence electrons. The predicted octanol–water partition coefficient (Wildman–Crippen LogP) is 7.96. The minimum atomic E-state index is -0.225. The lowest BCUT2D eigenvalue weighted by atomic mass is 10.1. The Hall–Kier alpha value is -6.24. The maximum Gasteiger partial charge on any atom is 0.184 e. The number of hydrogen-bond donors (Lipinski definition) is 0. The lowest BCUT2D eigenvalue weighted by Crippen LogP contribution is -2.46. The van der Waals surface area contributed by atoms with Gasteiger partial charge in [0.05, 0.1) is 11.4 Å². The zero-order valence-corrected chi connectivity index (χ0v) is 33.5. The highest BCUT2D eigenvalue weighted by Crippen LogP contribution is 2.41. The van der Waals surface area contributed by atoms with Crippen molar-refractivity contribution in [1.82, 2.24) is 19.8 Å². The molecule has 0 unspecified atom stereocenters. The van der Waals surface area contributed by atoms with E-state index in [4.69, 9.17) is 18.9 Å². The number of halogens is 2. The van der Waals surface area contributed by atoms with Crippen molar-refractivity contribution in [2.75, 3.05) is 88.6 Å². The third-order valence-electron chi connectivity index (χ3n) is 11.3. The standard InChI is InChI=1S/2C24H24FN3O2/c2*25-21-6-4-19(5-7-21)20-14-18(15-26-16-20)17-27-8-10-28(11-9-27)22-2-1-3-23-24(22)30-13-12-29-23/h2*1-7,14-16H,8-13,17H2. The van der Waals surface area contributed by atoms with E-state index >= 15 is 0 Å². The van der Waals surface area contributed by atoms with Crippen LogP contribution in [0, 0.1) is 11.6 Å². The van der Waals surface area contributed by atoms with Crippen LogP contribution < -0.4 is 28.7 Å². The number of anilines is 2. The van der Waals surface area contributed by atoms with Crippen LogP contribution >= 0.6 is 0 Å². The maximum atomic E-state index is 13.2. The van der Waals surface area contributed by atoms with Gasteiger partial charge in [-0.2, -0.15) is 0 Å². The first-order valence-electron chi connectivity index (χ1n) is 20.6. The Morgan fingerprint density at radius 2 is 0.833 bits per heavy atom. The van der Waals surface area contributed by atoms with Crippen LogP contribution in [-0.2, 0) is 13.1 Å². The molecule has 0 N–H and O–H groups in total. The Labute approximate surface area is 349 Å². The van der Waals surface area contributed by atoms with Crippen LogP contribution in [0.15, 0.2) is 122 Å². The number of rotatable bonds is 8. The number of ether oxygens (including phenoxy) is 4. The number of para-hydroxylation sites is 2. The van der Waals surface area contributed by atoms with Crippen molar-refractivity contribution in [3.05, 3.63) is 145 Å². The largest absolute Gasteiger partial charge is 0.486 e. The van der Waals surface area contributed by atoms with Crippen LogP contribution in [0.2, 0.25) is 0 Å². The molecule has 2 fully saturated rings. The molecule has 6 aromatic rings. The fourth-order valence-electron chi connectivity index (χ4n) is 8.17. The molecule has 0 spiro atoms. The van der Waals surface area contributed by atoms with E-state index in [0.717, 1.165) is 122 Å². The Morgan fingerprint density at radius 1 is 0.433 bits per heavy atom. The topological polar surface area (TPSA) is 75.7 Å². The number of piperazine rings is 2. The van der Waals surface area contributed by atoms with Crippen LogP contribution in [0.5, 0.6) is 23.0 Å². The maximum absolute atomic E-state index is 13.2. The van der Waals surface area contributed by atoms with Crippen molar-refractivity contribution in [3.8, 4) is 45.3 Å². The fourth-order valence-corrected chi connectivity index (χ4v) is 8.17. The summed E-state index contributed by atoms with van der Waals surface area (Å²) < 4.78 is 49.6. The third-order valence-corrected chi connectivity index (χ3v) is 11.3. The molecule has 10 rings (SSSR count). The van der Waals surface area contributed by atoms with E-state index in [2.05, 4.69) is 53.8 Å². The lowest BCUT2D eigenvalue weighted by Gasteiger charge is -2.37. The molecule has 10 nitrogen and oxygen atoms in total. The van der Waals surface area contributed by atoms with Crippen molar-refractivity contribution in [2.24, 2.45) is 0 Å². The number of benzene rings is 4. The van der Waals surface area contributed by atoms with Gasteiger partial charge < -0.3 is 28.7 Å². The number of nitrogens with zero attached hydrogens (tertiary/aromatic N) is 6. The molecule has 0 amide bonds.